The van der Waals surface area contributed by atoms with Crippen molar-refractivity contribution in [2.45, 2.75) is 31.8 Å². The molecule has 0 spiro atoms. The Labute approximate surface area is 150 Å². The lowest BCUT2D eigenvalue weighted by molar-refractivity contribution is -0.131. The molecule has 2 heterocycles. The maximum absolute atomic E-state index is 12.8. The van der Waals surface area contributed by atoms with Crippen LogP contribution in [0, 0.1) is 0 Å². The summed E-state index contributed by atoms with van der Waals surface area (Å²) < 4.78 is 9.92. The molecule has 0 radical (unpaired) electrons. The number of benzene rings is 1. The third-order valence-electron chi connectivity index (χ3n) is 4.46. The number of imide groups is 1. The summed E-state index contributed by atoms with van der Waals surface area (Å²) in [5.41, 5.74) is 0.132. The standard InChI is InChI=1S/C19H20N2O5/c1-19(11-10-13-6-4-3-5-7-13)17(23)21(18(24)20-19)12-14-8-9-15(26-14)16(22)25-2/h3-9H,10-12H2,1-2H3,(H,20,24)/t19-/m1/s1. The topological polar surface area (TPSA) is 88.9 Å². The van der Waals surface area contributed by atoms with Gasteiger partial charge in [0.2, 0.25) is 5.76 Å². The number of hydrogen-bond donors (Lipinski definition) is 1. The van der Waals surface area contributed by atoms with Crippen LogP contribution in [0.3, 0.4) is 0 Å². The van der Waals surface area contributed by atoms with Gasteiger partial charge in [0.25, 0.3) is 5.91 Å². The van der Waals surface area contributed by atoms with Gasteiger partial charge in [0.1, 0.15) is 11.3 Å². The zero-order valence-corrected chi connectivity index (χ0v) is 14.7. The lowest BCUT2D eigenvalue weighted by Gasteiger charge is -2.21. The molecule has 0 saturated carbocycles. The molecule has 26 heavy (non-hydrogen) atoms. The van der Waals surface area contributed by atoms with E-state index < -0.39 is 17.5 Å². The molecule has 1 aromatic carbocycles. The Morgan fingerprint density at radius 3 is 2.62 bits per heavy atom. The molecule has 0 aliphatic carbocycles. The van der Waals surface area contributed by atoms with Crippen molar-refractivity contribution in [3.8, 4) is 0 Å². The van der Waals surface area contributed by atoms with Gasteiger partial charge in [-0.05, 0) is 37.5 Å². The first-order valence-corrected chi connectivity index (χ1v) is 8.28. The SMILES string of the molecule is COC(=O)c1ccc(CN2C(=O)N[C@](C)(CCc3ccccc3)C2=O)o1. The number of amides is 3. The monoisotopic (exact) mass is 356 g/mol. The van der Waals surface area contributed by atoms with Crippen LogP contribution in [-0.4, -0.2) is 35.5 Å². The molecule has 7 nitrogen and oxygen atoms in total. The normalized spacial score (nSPS) is 19.5. The number of urea groups is 1. The number of esters is 1. The number of methoxy groups -OCH3 is 1. The van der Waals surface area contributed by atoms with Crippen molar-refractivity contribution in [2.75, 3.05) is 7.11 Å². The van der Waals surface area contributed by atoms with Gasteiger partial charge in [-0.25, -0.2) is 9.59 Å². The number of rotatable bonds is 6. The summed E-state index contributed by atoms with van der Waals surface area (Å²) in [7, 11) is 1.25. The van der Waals surface area contributed by atoms with Crippen LogP contribution in [0.15, 0.2) is 46.9 Å². The second-order valence-electron chi connectivity index (χ2n) is 6.40. The van der Waals surface area contributed by atoms with Crippen molar-refractivity contribution >= 4 is 17.9 Å². The molecule has 0 bridgehead atoms. The fourth-order valence-corrected chi connectivity index (χ4v) is 2.93. The number of ether oxygens (including phenoxy) is 1. The first-order valence-electron chi connectivity index (χ1n) is 8.28. The molecule has 2 aromatic rings. The van der Waals surface area contributed by atoms with Crippen molar-refractivity contribution < 1.29 is 23.5 Å². The smallest absolute Gasteiger partial charge is 0.373 e. The average molecular weight is 356 g/mol. The summed E-state index contributed by atoms with van der Waals surface area (Å²) >= 11 is 0. The van der Waals surface area contributed by atoms with Crippen LogP contribution in [0.25, 0.3) is 0 Å². The molecule has 1 aliphatic heterocycles. The van der Waals surface area contributed by atoms with Crippen molar-refractivity contribution in [1.29, 1.82) is 0 Å². The lowest BCUT2D eigenvalue weighted by atomic mass is 9.93. The molecule has 1 saturated heterocycles. The van der Waals surface area contributed by atoms with Gasteiger partial charge in [0.15, 0.2) is 0 Å². The Bertz CT molecular complexity index is 829. The van der Waals surface area contributed by atoms with Crippen molar-refractivity contribution in [2.24, 2.45) is 0 Å². The molecular formula is C19H20N2O5. The Hall–Kier alpha value is -3.09. The second-order valence-corrected chi connectivity index (χ2v) is 6.40. The first-order chi connectivity index (χ1) is 12.4. The van der Waals surface area contributed by atoms with E-state index in [0.29, 0.717) is 18.6 Å². The molecule has 1 fully saturated rings. The number of carbonyl (C=O) groups is 3. The molecule has 3 amide bonds. The van der Waals surface area contributed by atoms with Gasteiger partial charge in [0, 0.05) is 0 Å². The first kappa shape index (κ1) is 17.7. The average Bonchev–Trinajstić information content (AvgIpc) is 3.20. The summed E-state index contributed by atoms with van der Waals surface area (Å²) in [4.78, 5) is 37.6. The Balaban J connectivity index is 1.68. The van der Waals surface area contributed by atoms with E-state index in [9.17, 15) is 14.4 Å². The molecule has 1 aliphatic rings. The lowest BCUT2D eigenvalue weighted by Crippen LogP contribution is -2.44. The Kier molecular flexibility index (Phi) is 4.79. The minimum Gasteiger partial charge on any atom is -0.463 e. The van der Waals surface area contributed by atoms with E-state index in [4.69, 9.17) is 4.42 Å². The van der Waals surface area contributed by atoms with Crippen LogP contribution >= 0.6 is 0 Å². The van der Waals surface area contributed by atoms with Crippen LogP contribution in [0.1, 0.15) is 35.2 Å². The van der Waals surface area contributed by atoms with E-state index in [0.717, 1.165) is 10.5 Å². The maximum atomic E-state index is 12.8. The second kappa shape index (κ2) is 7.03. The van der Waals surface area contributed by atoms with E-state index in [2.05, 4.69) is 10.1 Å². The van der Waals surface area contributed by atoms with Crippen LogP contribution < -0.4 is 5.32 Å². The molecule has 1 N–H and O–H groups in total. The third-order valence-corrected chi connectivity index (χ3v) is 4.46. The fraction of sp³-hybridized carbons (Fsp3) is 0.316. The highest BCUT2D eigenvalue weighted by Gasteiger charge is 2.47. The summed E-state index contributed by atoms with van der Waals surface area (Å²) in [6, 6.07) is 12.3. The Morgan fingerprint density at radius 1 is 1.19 bits per heavy atom. The Morgan fingerprint density at radius 2 is 1.92 bits per heavy atom. The van der Waals surface area contributed by atoms with Crippen molar-refractivity contribution in [3.05, 3.63) is 59.5 Å². The number of aryl methyl sites for hydroxylation is 1. The summed E-state index contributed by atoms with van der Waals surface area (Å²) in [6.45, 7) is 1.68. The number of nitrogens with zero attached hydrogens (tertiary/aromatic N) is 1. The minimum atomic E-state index is -0.968. The molecule has 1 atom stereocenters. The zero-order chi connectivity index (χ0) is 18.7. The van der Waals surface area contributed by atoms with E-state index in [1.807, 2.05) is 30.3 Å². The third kappa shape index (κ3) is 3.46. The summed E-state index contributed by atoms with van der Waals surface area (Å²) in [5.74, 6) is -0.557. The molecule has 0 unspecified atom stereocenters. The van der Waals surface area contributed by atoms with Gasteiger partial charge in [-0.2, -0.15) is 0 Å². The predicted octanol–water partition coefficient (Wildman–Crippen LogP) is 2.51. The van der Waals surface area contributed by atoms with Crippen LogP contribution in [-0.2, 0) is 22.5 Å². The molecule has 3 rings (SSSR count). The zero-order valence-electron chi connectivity index (χ0n) is 14.7. The van der Waals surface area contributed by atoms with Crippen LogP contribution in [0.2, 0.25) is 0 Å². The highest BCUT2D eigenvalue weighted by atomic mass is 16.5. The molecule has 136 valence electrons. The highest BCUT2D eigenvalue weighted by Crippen LogP contribution is 2.25. The van der Waals surface area contributed by atoms with E-state index >= 15 is 0 Å². The number of nitrogens with one attached hydrogen (secondary N) is 1. The number of carbonyl (C=O) groups excluding carboxylic acids is 3. The van der Waals surface area contributed by atoms with E-state index in [1.54, 1.807) is 13.0 Å². The molecular weight excluding hydrogens is 336 g/mol. The van der Waals surface area contributed by atoms with Gasteiger partial charge in [-0.15, -0.1) is 0 Å². The molecule has 7 heteroatoms. The maximum Gasteiger partial charge on any atom is 0.373 e. The fourth-order valence-electron chi connectivity index (χ4n) is 2.93. The highest BCUT2D eigenvalue weighted by molar-refractivity contribution is 6.06. The number of hydrogen-bond acceptors (Lipinski definition) is 5. The summed E-state index contributed by atoms with van der Waals surface area (Å²) in [6.07, 6.45) is 1.16. The van der Waals surface area contributed by atoms with Crippen molar-refractivity contribution in [3.63, 3.8) is 0 Å². The van der Waals surface area contributed by atoms with Gasteiger partial charge >= 0.3 is 12.0 Å². The quantitative estimate of drug-likeness (QED) is 0.635. The van der Waals surface area contributed by atoms with Gasteiger partial charge in [-0.3, -0.25) is 9.69 Å². The van der Waals surface area contributed by atoms with Gasteiger partial charge in [0.05, 0.1) is 13.7 Å². The van der Waals surface area contributed by atoms with Crippen LogP contribution in [0.5, 0.6) is 0 Å². The molecule has 1 aromatic heterocycles. The van der Waals surface area contributed by atoms with E-state index in [1.165, 1.54) is 13.2 Å². The predicted molar refractivity (Wildman–Crippen MR) is 92.3 cm³/mol. The van der Waals surface area contributed by atoms with Crippen LogP contribution in [0.4, 0.5) is 4.79 Å². The largest absolute Gasteiger partial charge is 0.463 e. The van der Waals surface area contributed by atoms with Gasteiger partial charge < -0.3 is 14.5 Å². The van der Waals surface area contributed by atoms with Gasteiger partial charge in [-0.1, -0.05) is 30.3 Å². The minimum absolute atomic E-state index is 0.0291. The number of furan rings is 1. The van der Waals surface area contributed by atoms with E-state index in [-0.39, 0.29) is 18.2 Å². The summed E-state index contributed by atoms with van der Waals surface area (Å²) in [5, 5.41) is 2.77. The van der Waals surface area contributed by atoms with Crippen molar-refractivity contribution in [1.82, 2.24) is 10.2 Å².